The maximum Gasteiger partial charge on any atom is 0.0626 e. The molecule has 0 N–H and O–H groups in total. The molecule has 0 saturated carbocycles. The molecule has 324 valence electrons. The molecule has 0 radical (unpaired) electrons. The Labute approximate surface area is 399 Å². The Bertz CT molecular complexity index is 2880. The van der Waals surface area contributed by atoms with Crippen molar-refractivity contribution < 1.29 is 23.3 Å². The van der Waals surface area contributed by atoms with Crippen LogP contribution in [0, 0.1) is 48.5 Å². The molecule has 61 heavy (non-hydrogen) atoms. The summed E-state index contributed by atoms with van der Waals surface area (Å²) in [5, 5.41) is 0. The monoisotopic (exact) mass is 830 g/mol. The molecule has 0 aliphatic rings. The molecule has 0 saturated heterocycles. The van der Waals surface area contributed by atoms with Gasteiger partial charge >= 0.3 is 0 Å². The molecule has 0 unspecified atom stereocenters. The van der Waals surface area contributed by atoms with Gasteiger partial charge in [0.15, 0.2) is 0 Å². The zero-order chi connectivity index (χ0) is 60.7. The highest BCUT2D eigenvalue weighted by atomic mass is 14.2. The van der Waals surface area contributed by atoms with E-state index in [1.54, 1.807) is 45.0 Å². The highest BCUT2D eigenvalue weighted by molar-refractivity contribution is 5.28. The molecule has 0 aromatic heterocycles. The molecule has 0 bridgehead atoms. The van der Waals surface area contributed by atoms with Crippen molar-refractivity contribution in [3.05, 3.63) is 249 Å². The summed E-state index contributed by atoms with van der Waals surface area (Å²) < 4.78 is 126. The summed E-state index contributed by atoms with van der Waals surface area (Å²) in [6.07, 6.45) is 0. The lowest BCUT2D eigenvalue weighted by molar-refractivity contribution is 0.590. The van der Waals surface area contributed by atoms with Crippen LogP contribution in [-0.2, 0) is 16.2 Å². The number of hydrogen-bond donors (Lipinski definition) is 0. The Kier molecular flexibility index (Phi) is 14.5. The SMILES string of the molecule is Cc1ccc(C(C)(C)C)cc1.[2H]c1c([2H])c(C(C)(C)C)c([2H])c([2H])c1C.[2H]c1c([2H])c([2H])c(C)c([2H])c1[2H].[2H]c1cc(C(C)(C)C)cc([2H])c1C.[2H]c1cc([2H])c(C)c([2H])c1.[2H]c1cccc([2H])c1C.[2H]c1ccccc1C. The zero-order valence-corrected chi connectivity index (χ0v) is 39.7. The quantitative estimate of drug-likeness (QED) is 0.143. The van der Waals surface area contributed by atoms with Gasteiger partial charge in [-0.3, -0.25) is 0 Å². The maximum absolute atomic E-state index is 7.84. The first-order valence-electron chi connectivity index (χ1n) is 29.0. The second kappa shape index (κ2) is 28.1. The highest BCUT2D eigenvalue weighted by Gasteiger charge is 2.13. The van der Waals surface area contributed by atoms with E-state index in [4.69, 9.17) is 23.3 Å². The van der Waals surface area contributed by atoms with Crippen LogP contribution >= 0.6 is 0 Å². The van der Waals surface area contributed by atoms with Crippen LogP contribution in [0.5, 0.6) is 0 Å². The lowest BCUT2D eigenvalue weighted by atomic mass is 9.87. The van der Waals surface area contributed by atoms with E-state index in [1.807, 2.05) is 65.0 Å². The van der Waals surface area contributed by atoms with Gasteiger partial charge < -0.3 is 0 Å². The normalized spacial score (nSPS) is 14.2. The maximum atomic E-state index is 7.84. The van der Waals surface area contributed by atoms with E-state index >= 15 is 0 Å². The summed E-state index contributed by atoms with van der Waals surface area (Å²) in [5.41, 5.74) is 8.12. The molecule has 7 aromatic carbocycles. The molecule has 0 heterocycles. The van der Waals surface area contributed by atoms with Crippen molar-refractivity contribution in [2.45, 2.75) is 127 Å². The lowest BCUT2D eigenvalue weighted by Gasteiger charge is -2.18. The second-order valence-corrected chi connectivity index (χ2v) is 17.4. The number of benzene rings is 7. The van der Waals surface area contributed by atoms with Gasteiger partial charge in [0.05, 0.1) is 23.3 Å². The van der Waals surface area contributed by atoms with Crippen LogP contribution in [0.3, 0.4) is 0 Å². The average molecular weight is 830 g/mol. The minimum absolute atomic E-state index is 0.0271. The summed E-state index contributed by atoms with van der Waals surface area (Å²) in [7, 11) is 0. The van der Waals surface area contributed by atoms with Gasteiger partial charge in [-0.15, -0.1) is 0 Å². The number of rotatable bonds is 0. The molecular weight excluding hydrogens is 733 g/mol. The Morgan fingerprint density at radius 2 is 0.607 bits per heavy atom. The van der Waals surface area contributed by atoms with Gasteiger partial charge in [-0.2, -0.15) is 0 Å². The van der Waals surface area contributed by atoms with Crippen LogP contribution in [0.4, 0.5) is 0 Å². The van der Waals surface area contributed by atoms with Crippen molar-refractivity contribution >= 4 is 0 Å². The van der Waals surface area contributed by atoms with Gasteiger partial charge in [-0.05, 0) is 81.4 Å². The van der Waals surface area contributed by atoms with Crippen molar-refractivity contribution in [1.29, 1.82) is 0 Å². The summed E-state index contributed by atoms with van der Waals surface area (Å²) >= 11 is 0. The Hall–Kier alpha value is -5.46. The third-order valence-corrected chi connectivity index (χ3v) is 8.20. The van der Waals surface area contributed by atoms with E-state index in [1.165, 1.54) is 30.2 Å². The Balaban J connectivity index is 0.000000459. The lowest BCUT2D eigenvalue weighted by Crippen LogP contribution is -2.10. The molecule has 7 aromatic rings. The van der Waals surface area contributed by atoms with Crippen LogP contribution in [0.1, 0.15) is 141 Å². The fourth-order valence-corrected chi connectivity index (χ4v) is 4.31. The van der Waals surface area contributed by atoms with Crippen molar-refractivity contribution in [3.63, 3.8) is 0 Å². The van der Waals surface area contributed by atoms with Crippen molar-refractivity contribution in [3.8, 4) is 0 Å². The topological polar surface area (TPSA) is 0 Å². The summed E-state index contributed by atoms with van der Waals surface area (Å²) in [4.78, 5) is 0. The predicted octanol–water partition coefficient (Wildman–Crippen LogP) is 17.9. The van der Waals surface area contributed by atoms with Gasteiger partial charge in [-0.25, -0.2) is 0 Å². The van der Waals surface area contributed by atoms with Crippen LogP contribution in [0.15, 0.2) is 194 Å². The van der Waals surface area contributed by atoms with E-state index in [0.29, 0.717) is 52.5 Å². The van der Waals surface area contributed by atoms with Crippen LogP contribution in [0.25, 0.3) is 0 Å². The van der Waals surface area contributed by atoms with Crippen molar-refractivity contribution in [2.75, 3.05) is 0 Å². The van der Waals surface area contributed by atoms with E-state index in [9.17, 15) is 0 Å². The molecular formula is C61H80. The highest BCUT2D eigenvalue weighted by Crippen LogP contribution is 2.23. The first-order chi connectivity index (χ1) is 35.6. The second-order valence-electron chi connectivity index (χ2n) is 17.4. The van der Waals surface area contributed by atoms with Crippen LogP contribution in [-0.4, -0.2) is 0 Å². The van der Waals surface area contributed by atoms with Crippen molar-refractivity contribution in [2.24, 2.45) is 0 Å². The molecule has 0 nitrogen and oxygen atoms in total. The first-order valence-corrected chi connectivity index (χ1v) is 20.5. The van der Waals surface area contributed by atoms with Gasteiger partial charge in [0.1, 0.15) is 0 Å². The summed E-state index contributed by atoms with van der Waals surface area (Å²) in [6, 6.07) is 30.4. The third-order valence-electron chi connectivity index (χ3n) is 8.20. The predicted molar refractivity (Wildman–Crippen MR) is 274 cm³/mol. The summed E-state index contributed by atoms with van der Waals surface area (Å²) in [5.74, 6) is 0. The molecule has 0 amide bonds. The van der Waals surface area contributed by atoms with Crippen LogP contribution in [0.2, 0.25) is 0 Å². The Morgan fingerprint density at radius 3 is 1.02 bits per heavy atom. The number of aryl methyl sites for hydroxylation is 2. The minimum Gasteiger partial charge on any atom is -0.0622 e. The fraction of sp³-hybridized carbons (Fsp3) is 0.311. The summed E-state index contributed by atoms with van der Waals surface area (Å²) in [6.45, 7) is 31.2. The fourth-order valence-electron chi connectivity index (χ4n) is 4.31. The zero-order valence-electron chi connectivity index (χ0n) is 56.7. The smallest absolute Gasteiger partial charge is 0.0622 e. The molecule has 0 atom stereocenters. The van der Waals surface area contributed by atoms with E-state index in [2.05, 4.69) is 72.7 Å². The van der Waals surface area contributed by atoms with Gasteiger partial charge in [-0.1, -0.05) is 295 Å². The third kappa shape index (κ3) is 27.1. The molecule has 0 fully saturated rings. The number of hydrogen-bond acceptors (Lipinski definition) is 0. The molecule has 0 spiro atoms. The van der Waals surface area contributed by atoms with Gasteiger partial charge in [0, 0.05) is 0 Å². The van der Waals surface area contributed by atoms with Gasteiger partial charge in [0.25, 0.3) is 0 Å². The largest absolute Gasteiger partial charge is 0.0626 e. The molecule has 0 aliphatic heterocycles. The molecule has 0 heteroatoms. The van der Waals surface area contributed by atoms with Gasteiger partial charge in [0.2, 0.25) is 0 Å². The standard InChI is InChI=1S/3C11H16.4C7H8/c3*1-9-5-7-10(8-6-9)11(2,3)4;4*1-7-5-3-2-4-6-7/h3*5-8H,1-4H3;4*2-6H,1H3/i5D,6D,7D,8D;5D,6D;;2D,3D,4D,5D,6D;2D,5D,6D;5D,6D;5D. The molecule has 7 rings (SSSR count). The van der Waals surface area contributed by atoms with Crippen molar-refractivity contribution in [1.82, 2.24) is 0 Å². The molecule has 0 aliphatic carbocycles. The van der Waals surface area contributed by atoms with Crippen LogP contribution < -0.4 is 0 Å². The van der Waals surface area contributed by atoms with E-state index in [0.717, 1.165) is 22.3 Å². The van der Waals surface area contributed by atoms with E-state index in [-0.39, 0.29) is 88.8 Å². The average Bonchev–Trinajstić information content (AvgIpc) is 3.34. The minimum atomic E-state index is -0.368. The first kappa shape index (κ1) is 31.4. The van der Waals surface area contributed by atoms with E-state index < -0.39 is 0 Å². The Morgan fingerprint density at radius 1 is 0.246 bits per heavy atom.